The van der Waals surface area contributed by atoms with Crippen LogP contribution in [-0.4, -0.2) is 17.4 Å². The smallest absolute Gasteiger partial charge is 0.220 e. The maximum Gasteiger partial charge on any atom is 0.220 e. The molecule has 0 spiro atoms. The lowest BCUT2D eigenvalue weighted by Gasteiger charge is -2.20. The molecule has 2 heterocycles. The Morgan fingerprint density at radius 1 is 1.69 bits per heavy atom. The number of likely N-dealkylation sites (tertiary alicyclic amines) is 1. The highest BCUT2D eigenvalue weighted by Gasteiger charge is 2.29. The van der Waals surface area contributed by atoms with E-state index >= 15 is 0 Å². The van der Waals surface area contributed by atoms with Gasteiger partial charge in [-0.1, -0.05) is 0 Å². The number of hydrogen-bond donors (Lipinski definition) is 0. The van der Waals surface area contributed by atoms with Gasteiger partial charge in [0.1, 0.15) is 5.76 Å². The molecule has 0 unspecified atom stereocenters. The molecular weight excluding hydrogens is 166 g/mol. The Bertz CT molecular complexity index is 292. The second kappa shape index (κ2) is 3.24. The fraction of sp³-hybridized carbons (Fsp3) is 0.500. The molecular formula is C10H13NO2. The third kappa shape index (κ3) is 1.46. The van der Waals surface area contributed by atoms with Crippen LogP contribution in [0.1, 0.15) is 31.6 Å². The zero-order valence-electron chi connectivity index (χ0n) is 7.69. The van der Waals surface area contributed by atoms with Gasteiger partial charge in [0, 0.05) is 13.5 Å². The number of rotatable bonds is 1. The average Bonchev–Trinajstić information content (AvgIpc) is 2.74. The highest BCUT2D eigenvalue weighted by atomic mass is 16.3. The van der Waals surface area contributed by atoms with Gasteiger partial charge in [-0.25, -0.2) is 0 Å². The summed E-state index contributed by atoms with van der Waals surface area (Å²) in [5, 5.41) is 0. The summed E-state index contributed by atoms with van der Waals surface area (Å²) in [5.74, 6) is 1.05. The number of carbonyl (C=O) groups is 1. The molecule has 0 radical (unpaired) electrons. The topological polar surface area (TPSA) is 33.5 Å². The Hall–Kier alpha value is -1.25. The molecule has 0 bridgehead atoms. The van der Waals surface area contributed by atoms with Crippen LogP contribution in [-0.2, 0) is 4.79 Å². The molecule has 70 valence electrons. The maximum absolute atomic E-state index is 11.2. The fourth-order valence-corrected chi connectivity index (χ4v) is 1.92. The lowest BCUT2D eigenvalue weighted by Crippen LogP contribution is -2.27. The first kappa shape index (κ1) is 8.35. The standard InChI is InChI=1S/C10H13NO2/c1-8(12)11-6-2-4-9(11)10-5-3-7-13-10/h3,5,7,9H,2,4,6H2,1H3/t9-/m0/s1. The monoisotopic (exact) mass is 179 g/mol. The highest BCUT2D eigenvalue weighted by molar-refractivity contribution is 5.74. The first-order valence-electron chi connectivity index (χ1n) is 4.59. The quantitative estimate of drug-likeness (QED) is 0.660. The van der Waals surface area contributed by atoms with E-state index < -0.39 is 0 Å². The molecule has 1 aliphatic heterocycles. The molecule has 0 aliphatic carbocycles. The van der Waals surface area contributed by atoms with E-state index in [1.807, 2.05) is 17.0 Å². The number of amides is 1. The second-order valence-corrected chi connectivity index (χ2v) is 3.39. The van der Waals surface area contributed by atoms with Gasteiger partial charge in [0.25, 0.3) is 0 Å². The third-order valence-corrected chi connectivity index (χ3v) is 2.53. The van der Waals surface area contributed by atoms with Crippen molar-refractivity contribution >= 4 is 5.91 Å². The van der Waals surface area contributed by atoms with Crippen molar-refractivity contribution in [2.24, 2.45) is 0 Å². The third-order valence-electron chi connectivity index (χ3n) is 2.53. The largest absolute Gasteiger partial charge is 0.467 e. The molecule has 1 saturated heterocycles. The van der Waals surface area contributed by atoms with E-state index in [0.29, 0.717) is 0 Å². The zero-order valence-corrected chi connectivity index (χ0v) is 7.69. The Morgan fingerprint density at radius 3 is 3.15 bits per heavy atom. The molecule has 1 atom stereocenters. The van der Waals surface area contributed by atoms with Crippen LogP contribution < -0.4 is 0 Å². The van der Waals surface area contributed by atoms with Crippen LogP contribution in [0, 0.1) is 0 Å². The summed E-state index contributed by atoms with van der Waals surface area (Å²) >= 11 is 0. The van der Waals surface area contributed by atoms with Crippen molar-refractivity contribution in [2.45, 2.75) is 25.8 Å². The Kier molecular flexibility index (Phi) is 2.08. The Balaban J connectivity index is 2.19. The van der Waals surface area contributed by atoms with Crippen molar-refractivity contribution in [3.63, 3.8) is 0 Å². The Labute approximate surface area is 77.3 Å². The van der Waals surface area contributed by atoms with E-state index in [0.717, 1.165) is 25.1 Å². The second-order valence-electron chi connectivity index (χ2n) is 3.39. The molecule has 1 aliphatic rings. The fourth-order valence-electron chi connectivity index (χ4n) is 1.92. The number of furan rings is 1. The van der Waals surface area contributed by atoms with Crippen molar-refractivity contribution in [1.29, 1.82) is 0 Å². The summed E-state index contributed by atoms with van der Waals surface area (Å²) in [7, 11) is 0. The molecule has 1 aromatic heterocycles. The molecule has 1 amide bonds. The van der Waals surface area contributed by atoms with Crippen LogP contribution in [0.15, 0.2) is 22.8 Å². The summed E-state index contributed by atoms with van der Waals surface area (Å²) in [5.41, 5.74) is 0. The van der Waals surface area contributed by atoms with Gasteiger partial charge in [-0.05, 0) is 25.0 Å². The van der Waals surface area contributed by atoms with Crippen LogP contribution in [0.25, 0.3) is 0 Å². The van der Waals surface area contributed by atoms with Crippen molar-refractivity contribution in [3.8, 4) is 0 Å². The molecule has 0 aromatic carbocycles. The summed E-state index contributed by atoms with van der Waals surface area (Å²) < 4.78 is 5.30. The minimum Gasteiger partial charge on any atom is -0.467 e. The summed E-state index contributed by atoms with van der Waals surface area (Å²) in [6.07, 6.45) is 3.75. The van der Waals surface area contributed by atoms with Crippen molar-refractivity contribution in [3.05, 3.63) is 24.2 Å². The maximum atomic E-state index is 11.2. The molecule has 1 aromatic rings. The lowest BCUT2D eigenvalue weighted by molar-refractivity contribution is -0.130. The van der Waals surface area contributed by atoms with E-state index in [4.69, 9.17) is 4.42 Å². The summed E-state index contributed by atoms with van der Waals surface area (Å²) in [6, 6.07) is 3.98. The molecule has 2 rings (SSSR count). The number of hydrogen-bond acceptors (Lipinski definition) is 2. The van der Waals surface area contributed by atoms with Crippen molar-refractivity contribution in [2.75, 3.05) is 6.54 Å². The van der Waals surface area contributed by atoms with Crippen LogP contribution in [0.3, 0.4) is 0 Å². The first-order valence-corrected chi connectivity index (χ1v) is 4.59. The molecule has 0 N–H and O–H groups in total. The predicted octanol–water partition coefficient (Wildman–Crippen LogP) is 1.96. The normalized spacial score (nSPS) is 22.2. The number of carbonyl (C=O) groups excluding carboxylic acids is 1. The molecule has 1 fully saturated rings. The van der Waals surface area contributed by atoms with Gasteiger partial charge < -0.3 is 9.32 Å². The minimum absolute atomic E-state index is 0.138. The van der Waals surface area contributed by atoms with Crippen LogP contribution in [0.2, 0.25) is 0 Å². The van der Waals surface area contributed by atoms with Crippen LogP contribution in [0.5, 0.6) is 0 Å². The zero-order chi connectivity index (χ0) is 9.26. The highest BCUT2D eigenvalue weighted by Crippen LogP contribution is 2.31. The molecule has 3 nitrogen and oxygen atoms in total. The van der Waals surface area contributed by atoms with Gasteiger partial charge in [-0.15, -0.1) is 0 Å². The van der Waals surface area contributed by atoms with E-state index in [1.165, 1.54) is 0 Å². The van der Waals surface area contributed by atoms with Crippen molar-refractivity contribution < 1.29 is 9.21 Å². The Morgan fingerprint density at radius 2 is 2.54 bits per heavy atom. The average molecular weight is 179 g/mol. The van der Waals surface area contributed by atoms with Gasteiger partial charge in [0.05, 0.1) is 12.3 Å². The van der Waals surface area contributed by atoms with Gasteiger partial charge in [-0.3, -0.25) is 4.79 Å². The van der Waals surface area contributed by atoms with Gasteiger partial charge >= 0.3 is 0 Å². The summed E-state index contributed by atoms with van der Waals surface area (Å²) in [4.78, 5) is 13.1. The van der Waals surface area contributed by atoms with Crippen molar-refractivity contribution in [1.82, 2.24) is 4.90 Å². The predicted molar refractivity (Wildman–Crippen MR) is 48.1 cm³/mol. The molecule has 3 heteroatoms. The minimum atomic E-state index is 0.138. The van der Waals surface area contributed by atoms with Crippen LogP contribution in [0.4, 0.5) is 0 Å². The van der Waals surface area contributed by atoms with Crippen LogP contribution >= 0.6 is 0 Å². The van der Waals surface area contributed by atoms with Gasteiger partial charge in [-0.2, -0.15) is 0 Å². The number of nitrogens with zero attached hydrogens (tertiary/aromatic N) is 1. The molecule has 0 saturated carbocycles. The van der Waals surface area contributed by atoms with Gasteiger partial charge in [0.2, 0.25) is 5.91 Å². The molecule has 13 heavy (non-hydrogen) atoms. The van der Waals surface area contributed by atoms with Gasteiger partial charge in [0.15, 0.2) is 0 Å². The van der Waals surface area contributed by atoms with E-state index in [1.54, 1.807) is 13.2 Å². The first-order chi connectivity index (χ1) is 6.29. The van der Waals surface area contributed by atoms with E-state index in [-0.39, 0.29) is 11.9 Å². The SMILES string of the molecule is CC(=O)N1CCC[C@H]1c1ccco1. The van der Waals surface area contributed by atoms with E-state index in [2.05, 4.69) is 0 Å². The lowest BCUT2D eigenvalue weighted by atomic mass is 10.2. The summed E-state index contributed by atoms with van der Waals surface area (Å²) in [6.45, 7) is 2.47. The van der Waals surface area contributed by atoms with E-state index in [9.17, 15) is 4.79 Å².